The van der Waals surface area contributed by atoms with Crippen LogP contribution in [0.1, 0.15) is 50.3 Å². The van der Waals surface area contributed by atoms with E-state index in [0.717, 1.165) is 12.8 Å². The molecule has 1 fully saturated rings. The molecule has 0 unspecified atom stereocenters. The summed E-state index contributed by atoms with van der Waals surface area (Å²) in [5.41, 5.74) is 0. The lowest BCUT2D eigenvalue weighted by atomic mass is 10.0. The molecular weight excluding hydrogens is 168 g/mol. The first-order valence-electron chi connectivity index (χ1n) is 4.91. The molecule has 1 heterocycles. The van der Waals surface area contributed by atoms with E-state index in [-0.39, 0.29) is 0 Å². The molecule has 72 valence electrons. The Labute approximate surface area is 76.3 Å². The second-order valence-electron chi connectivity index (χ2n) is 3.64. The summed E-state index contributed by atoms with van der Waals surface area (Å²) in [6.45, 7) is 0. The second kappa shape index (κ2) is 3.77. The van der Waals surface area contributed by atoms with E-state index < -0.39 is 5.76 Å². The summed E-state index contributed by atoms with van der Waals surface area (Å²) in [5, 5.41) is 6.19. The minimum atomic E-state index is -0.431. The fourth-order valence-corrected chi connectivity index (χ4v) is 1.94. The Balaban J connectivity index is 2.10. The van der Waals surface area contributed by atoms with Crippen LogP contribution in [0.3, 0.4) is 0 Å². The Kier molecular flexibility index (Phi) is 2.47. The fraction of sp³-hybridized carbons (Fsp3) is 0.778. The van der Waals surface area contributed by atoms with Crippen molar-refractivity contribution in [1.82, 2.24) is 10.2 Å². The SMILES string of the molecule is O=c1[nH]nc(C2CCCCCC2)o1. The molecule has 0 aromatic carbocycles. The van der Waals surface area contributed by atoms with Crippen LogP contribution < -0.4 is 5.76 Å². The quantitative estimate of drug-likeness (QED) is 0.674. The third kappa shape index (κ3) is 1.99. The molecular formula is C9H14N2O2. The van der Waals surface area contributed by atoms with Gasteiger partial charge in [0.2, 0.25) is 5.89 Å². The summed E-state index contributed by atoms with van der Waals surface area (Å²) in [6.07, 6.45) is 7.25. The van der Waals surface area contributed by atoms with Crippen molar-refractivity contribution >= 4 is 0 Å². The van der Waals surface area contributed by atoms with E-state index in [1.165, 1.54) is 25.7 Å². The van der Waals surface area contributed by atoms with Crippen LogP contribution in [0.15, 0.2) is 9.21 Å². The zero-order chi connectivity index (χ0) is 9.10. The monoisotopic (exact) mass is 182 g/mol. The van der Waals surface area contributed by atoms with Gasteiger partial charge in [-0.2, -0.15) is 0 Å². The smallest absolute Gasteiger partial charge is 0.392 e. The maximum atomic E-state index is 10.7. The lowest BCUT2D eigenvalue weighted by Crippen LogP contribution is -1.97. The molecule has 0 radical (unpaired) electrons. The van der Waals surface area contributed by atoms with Gasteiger partial charge in [0.1, 0.15) is 0 Å². The maximum absolute atomic E-state index is 10.7. The lowest BCUT2D eigenvalue weighted by molar-refractivity contribution is 0.401. The van der Waals surface area contributed by atoms with E-state index in [2.05, 4.69) is 10.2 Å². The summed E-state index contributed by atoms with van der Waals surface area (Å²) in [6, 6.07) is 0. The number of nitrogens with one attached hydrogen (secondary N) is 1. The normalized spacial score (nSPS) is 20.0. The molecule has 1 aromatic heterocycles. The first-order valence-corrected chi connectivity index (χ1v) is 4.91. The number of hydrogen-bond acceptors (Lipinski definition) is 3. The Bertz CT molecular complexity index is 307. The molecule has 0 amide bonds. The molecule has 1 aromatic rings. The van der Waals surface area contributed by atoms with Crippen LogP contribution in [-0.4, -0.2) is 10.2 Å². The largest absolute Gasteiger partial charge is 0.434 e. The van der Waals surface area contributed by atoms with Crippen molar-refractivity contribution in [2.45, 2.75) is 44.4 Å². The highest BCUT2D eigenvalue weighted by atomic mass is 16.4. The molecule has 13 heavy (non-hydrogen) atoms. The predicted octanol–water partition coefficient (Wildman–Crippen LogP) is 1.80. The highest BCUT2D eigenvalue weighted by Crippen LogP contribution is 2.29. The van der Waals surface area contributed by atoms with E-state index in [4.69, 9.17) is 4.42 Å². The second-order valence-corrected chi connectivity index (χ2v) is 3.64. The van der Waals surface area contributed by atoms with Gasteiger partial charge < -0.3 is 4.42 Å². The summed E-state index contributed by atoms with van der Waals surface area (Å²) < 4.78 is 4.96. The van der Waals surface area contributed by atoms with Crippen LogP contribution in [0.4, 0.5) is 0 Å². The molecule has 0 atom stereocenters. The van der Waals surface area contributed by atoms with Crippen molar-refractivity contribution in [1.29, 1.82) is 0 Å². The first kappa shape index (κ1) is 8.53. The van der Waals surface area contributed by atoms with Gasteiger partial charge in [-0.1, -0.05) is 25.7 Å². The van der Waals surface area contributed by atoms with Crippen LogP contribution in [0.25, 0.3) is 0 Å². The average molecular weight is 182 g/mol. The van der Waals surface area contributed by atoms with Crippen molar-refractivity contribution < 1.29 is 4.42 Å². The van der Waals surface area contributed by atoms with E-state index >= 15 is 0 Å². The van der Waals surface area contributed by atoms with Crippen molar-refractivity contribution in [3.05, 3.63) is 16.4 Å². The fourth-order valence-electron chi connectivity index (χ4n) is 1.94. The van der Waals surface area contributed by atoms with Crippen LogP contribution in [0.5, 0.6) is 0 Å². The van der Waals surface area contributed by atoms with Gasteiger partial charge in [-0.05, 0) is 12.8 Å². The Morgan fingerprint density at radius 1 is 1.23 bits per heavy atom. The summed E-state index contributed by atoms with van der Waals surface area (Å²) >= 11 is 0. The van der Waals surface area contributed by atoms with Gasteiger partial charge in [0.25, 0.3) is 0 Å². The number of rotatable bonds is 1. The van der Waals surface area contributed by atoms with E-state index in [9.17, 15) is 4.79 Å². The topological polar surface area (TPSA) is 58.9 Å². The Morgan fingerprint density at radius 2 is 1.92 bits per heavy atom. The van der Waals surface area contributed by atoms with Crippen molar-refractivity contribution in [3.8, 4) is 0 Å². The third-order valence-corrected chi connectivity index (χ3v) is 2.66. The van der Waals surface area contributed by atoms with Gasteiger partial charge >= 0.3 is 5.76 Å². The molecule has 4 heteroatoms. The molecule has 1 saturated carbocycles. The summed E-state index contributed by atoms with van der Waals surface area (Å²) in [7, 11) is 0. The summed E-state index contributed by atoms with van der Waals surface area (Å²) in [4.78, 5) is 10.7. The Morgan fingerprint density at radius 3 is 2.46 bits per heavy atom. The molecule has 0 aliphatic heterocycles. The van der Waals surface area contributed by atoms with Crippen molar-refractivity contribution in [2.24, 2.45) is 0 Å². The van der Waals surface area contributed by atoms with E-state index in [1.807, 2.05) is 0 Å². The van der Waals surface area contributed by atoms with Crippen molar-refractivity contribution in [3.63, 3.8) is 0 Å². The van der Waals surface area contributed by atoms with Crippen LogP contribution in [0, 0.1) is 0 Å². The molecule has 0 bridgehead atoms. The first-order chi connectivity index (χ1) is 6.36. The summed E-state index contributed by atoms with van der Waals surface area (Å²) in [5.74, 6) is 0.535. The van der Waals surface area contributed by atoms with Gasteiger partial charge in [-0.3, -0.25) is 0 Å². The van der Waals surface area contributed by atoms with Gasteiger partial charge in [-0.25, -0.2) is 9.89 Å². The average Bonchev–Trinajstić information content (AvgIpc) is 2.43. The van der Waals surface area contributed by atoms with Crippen LogP contribution in [-0.2, 0) is 0 Å². The minimum Gasteiger partial charge on any atom is -0.392 e. The van der Waals surface area contributed by atoms with Gasteiger partial charge in [0.15, 0.2) is 0 Å². The van der Waals surface area contributed by atoms with Crippen molar-refractivity contribution in [2.75, 3.05) is 0 Å². The molecule has 4 nitrogen and oxygen atoms in total. The third-order valence-electron chi connectivity index (χ3n) is 2.66. The van der Waals surface area contributed by atoms with Gasteiger partial charge in [-0.15, -0.1) is 5.10 Å². The van der Waals surface area contributed by atoms with Crippen LogP contribution in [0.2, 0.25) is 0 Å². The highest BCUT2D eigenvalue weighted by Gasteiger charge is 2.18. The number of hydrogen-bond donors (Lipinski definition) is 1. The minimum absolute atomic E-state index is 0.362. The molecule has 2 rings (SSSR count). The number of aromatic amines is 1. The van der Waals surface area contributed by atoms with Crippen LogP contribution >= 0.6 is 0 Å². The molecule has 1 aliphatic rings. The standard InChI is InChI=1S/C9H14N2O2/c12-9-11-10-8(13-9)7-5-3-1-2-4-6-7/h7H,1-6H2,(H,11,12). The highest BCUT2D eigenvalue weighted by molar-refractivity contribution is 4.89. The molecule has 0 spiro atoms. The Hall–Kier alpha value is -1.06. The number of H-pyrrole nitrogens is 1. The predicted molar refractivity (Wildman–Crippen MR) is 47.6 cm³/mol. The zero-order valence-corrected chi connectivity index (χ0v) is 7.58. The molecule has 1 N–H and O–H groups in total. The van der Waals surface area contributed by atoms with Gasteiger partial charge in [0.05, 0.1) is 0 Å². The van der Waals surface area contributed by atoms with E-state index in [1.54, 1.807) is 0 Å². The number of aromatic nitrogens is 2. The molecule has 1 aliphatic carbocycles. The van der Waals surface area contributed by atoms with E-state index in [0.29, 0.717) is 11.8 Å². The lowest BCUT2D eigenvalue weighted by Gasteiger charge is -2.06. The molecule has 0 saturated heterocycles. The maximum Gasteiger partial charge on any atom is 0.434 e. The zero-order valence-electron chi connectivity index (χ0n) is 7.58. The number of nitrogens with zero attached hydrogens (tertiary/aromatic N) is 1. The van der Waals surface area contributed by atoms with Gasteiger partial charge in [0, 0.05) is 5.92 Å².